The van der Waals surface area contributed by atoms with Gasteiger partial charge in [0.2, 0.25) is 12.7 Å². The van der Waals surface area contributed by atoms with Crippen molar-refractivity contribution in [1.82, 2.24) is 14.9 Å². The van der Waals surface area contributed by atoms with E-state index in [4.69, 9.17) is 26.1 Å². The van der Waals surface area contributed by atoms with Crippen LogP contribution in [0.2, 0.25) is 5.02 Å². The van der Waals surface area contributed by atoms with Crippen molar-refractivity contribution < 1.29 is 14.3 Å². The van der Waals surface area contributed by atoms with Gasteiger partial charge in [-0.25, -0.2) is 4.98 Å². The summed E-state index contributed by atoms with van der Waals surface area (Å²) < 4.78 is 12.3. The van der Waals surface area contributed by atoms with Gasteiger partial charge in [0.1, 0.15) is 0 Å². The van der Waals surface area contributed by atoms with Crippen LogP contribution in [0.5, 0.6) is 11.5 Å². The van der Waals surface area contributed by atoms with E-state index in [9.17, 15) is 9.59 Å². The second-order valence-electron chi connectivity index (χ2n) is 8.06. The van der Waals surface area contributed by atoms with Crippen LogP contribution in [0.25, 0.3) is 10.9 Å². The van der Waals surface area contributed by atoms with Gasteiger partial charge in [0.05, 0.1) is 22.7 Å². The standard InChI is InChI=1S/C26H22ClN3O4S/c1-16(24(31)28-13-17-10-11-22-23(12-17)34-15-33-22)35-26-29-21-9-5-3-7-19(21)25(32)30(26)14-18-6-2-4-8-20(18)27/h2-12,16H,13-15H2,1H3,(H,28,31)/t16-/m1/s1. The third-order valence-electron chi connectivity index (χ3n) is 5.67. The average molecular weight is 508 g/mol. The highest BCUT2D eigenvalue weighted by molar-refractivity contribution is 8.00. The smallest absolute Gasteiger partial charge is 0.262 e. The van der Waals surface area contributed by atoms with E-state index in [1.165, 1.54) is 11.8 Å². The Morgan fingerprint density at radius 3 is 2.74 bits per heavy atom. The van der Waals surface area contributed by atoms with Crippen molar-refractivity contribution >= 4 is 40.2 Å². The van der Waals surface area contributed by atoms with E-state index in [2.05, 4.69) is 5.32 Å². The van der Waals surface area contributed by atoms with Gasteiger partial charge in [0, 0.05) is 11.6 Å². The van der Waals surface area contributed by atoms with Gasteiger partial charge in [0.15, 0.2) is 16.7 Å². The molecule has 0 saturated heterocycles. The molecule has 0 saturated carbocycles. The summed E-state index contributed by atoms with van der Waals surface area (Å²) in [6.07, 6.45) is 0. The van der Waals surface area contributed by atoms with Crippen LogP contribution in [0.4, 0.5) is 0 Å². The molecule has 0 unspecified atom stereocenters. The fraction of sp³-hybridized carbons (Fsp3) is 0.192. The van der Waals surface area contributed by atoms with E-state index in [1.807, 2.05) is 48.5 Å². The Labute approximate surface area is 211 Å². The SMILES string of the molecule is C[C@@H](Sc1nc2ccccc2c(=O)n1Cc1ccccc1Cl)C(=O)NCc1ccc2c(c1)OCO2. The fourth-order valence-electron chi connectivity index (χ4n) is 3.77. The van der Waals surface area contributed by atoms with Crippen LogP contribution in [-0.4, -0.2) is 27.5 Å². The zero-order valence-corrected chi connectivity index (χ0v) is 20.4. The van der Waals surface area contributed by atoms with Crippen LogP contribution in [-0.2, 0) is 17.9 Å². The summed E-state index contributed by atoms with van der Waals surface area (Å²) in [5.74, 6) is 1.20. The highest BCUT2D eigenvalue weighted by atomic mass is 35.5. The van der Waals surface area contributed by atoms with Crippen LogP contribution in [0, 0.1) is 0 Å². The Kier molecular flexibility index (Phi) is 6.66. The Balaban J connectivity index is 1.37. The van der Waals surface area contributed by atoms with Gasteiger partial charge >= 0.3 is 0 Å². The number of thioether (sulfide) groups is 1. The van der Waals surface area contributed by atoms with Crippen LogP contribution < -0.4 is 20.3 Å². The summed E-state index contributed by atoms with van der Waals surface area (Å²) in [5.41, 5.74) is 2.11. The normalized spacial score (nSPS) is 13.1. The maximum Gasteiger partial charge on any atom is 0.262 e. The van der Waals surface area contributed by atoms with Crippen molar-refractivity contribution in [3.8, 4) is 11.5 Å². The molecule has 0 radical (unpaired) electrons. The first-order valence-electron chi connectivity index (χ1n) is 11.1. The number of amides is 1. The van der Waals surface area contributed by atoms with Crippen molar-refractivity contribution in [2.45, 2.75) is 30.4 Å². The first-order valence-corrected chi connectivity index (χ1v) is 12.3. The molecule has 1 aliphatic rings. The molecule has 1 aliphatic heterocycles. The van der Waals surface area contributed by atoms with Gasteiger partial charge in [-0.1, -0.05) is 59.8 Å². The second kappa shape index (κ2) is 10.0. The van der Waals surface area contributed by atoms with Crippen molar-refractivity contribution in [3.05, 3.63) is 93.2 Å². The number of aromatic nitrogens is 2. The maximum atomic E-state index is 13.4. The Hall–Kier alpha value is -3.49. The molecule has 3 aromatic carbocycles. The predicted molar refractivity (Wildman–Crippen MR) is 136 cm³/mol. The number of ether oxygens (including phenoxy) is 2. The summed E-state index contributed by atoms with van der Waals surface area (Å²) in [5, 5.41) is 4.00. The van der Waals surface area contributed by atoms with Gasteiger partial charge < -0.3 is 14.8 Å². The molecule has 9 heteroatoms. The summed E-state index contributed by atoms with van der Waals surface area (Å²) in [6.45, 7) is 2.59. The molecular formula is C26H22ClN3O4S. The van der Waals surface area contributed by atoms with E-state index < -0.39 is 5.25 Å². The molecule has 0 bridgehead atoms. The third kappa shape index (κ3) is 4.99. The lowest BCUT2D eigenvalue weighted by Gasteiger charge is -2.17. The van der Waals surface area contributed by atoms with Gasteiger partial charge in [-0.05, 0) is 48.4 Å². The molecule has 5 rings (SSSR count). The molecule has 178 valence electrons. The number of fused-ring (bicyclic) bond motifs is 2. The molecular weight excluding hydrogens is 486 g/mol. The number of halogens is 1. The quantitative estimate of drug-likeness (QED) is 0.290. The first kappa shape index (κ1) is 23.3. The largest absolute Gasteiger partial charge is 0.454 e. The number of para-hydroxylation sites is 1. The first-order chi connectivity index (χ1) is 17.0. The number of hydrogen-bond donors (Lipinski definition) is 1. The van der Waals surface area contributed by atoms with Crippen LogP contribution in [0.15, 0.2) is 76.7 Å². The van der Waals surface area contributed by atoms with Crippen molar-refractivity contribution in [2.75, 3.05) is 6.79 Å². The minimum Gasteiger partial charge on any atom is -0.454 e. The van der Waals surface area contributed by atoms with E-state index >= 15 is 0 Å². The predicted octanol–water partition coefficient (Wildman–Crippen LogP) is 4.62. The topological polar surface area (TPSA) is 82.5 Å². The zero-order chi connectivity index (χ0) is 24.4. The van der Waals surface area contributed by atoms with E-state index in [-0.39, 0.29) is 24.8 Å². The molecule has 1 N–H and O–H groups in total. The van der Waals surface area contributed by atoms with Crippen LogP contribution in [0.3, 0.4) is 0 Å². The van der Waals surface area contributed by atoms with Crippen LogP contribution in [0.1, 0.15) is 18.1 Å². The Bertz CT molecular complexity index is 1470. The lowest BCUT2D eigenvalue weighted by Crippen LogP contribution is -2.32. The fourth-order valence-corrected chi connectivity index (χ4v) is 4.90. The van der Waals surface area contributed by atoms with Crippen molar-refractivity contribution in [1.29, 1.82) is 0 Å². The maximum absolute atomic E-state index is 13.4. The van der Waals surface area contributed by atoms with Crippen molar-refractivity contribution in [3.63, 3.8) is 0 Å². The molecule has 2 heterocycles. The number of carbonyl (C=O) groups excluding carboxylic acids is 1. The Morgan fingerprint density at radius 2 is 1.89 bits per heavy atom. The molecule has 1 atom stereocenters. The third-order valence-corrected chi connectivity index (χ3v) is 7.13. The number of nitrogens with zero attached hydrogens (tertiary/aromatic N) is 2. The number of hydrogen-bond acceptors (Lipinski definition) is 6. The number of rotatable bonds is 7. The molecule has 1 aromatic heterocycles. The molecule has 0 fully saturated rings. The lowest BCUT2D eigenvalue weighted by molar-refractivity contribution is -0.120. The second-order valence-corrected chi connectivity index (χ2v) is 9.77. The van der Waals surface area contributed by atoms with Gasteiger partial charge in [-0.3, -0.25) is 14.2 Å². The summed E-state index contributed by atoms with van der Waals surface area (Å²) in [6, 6.07) is 20.1. The number of nitrogens with one attached hydrogen (secondary N) is 1. The molecule has 35 heavy (non-hydrogen) atoms. The molecule has 1 amide bonds. The van der Waals surface area contributed by atoms with E-state index in [0.717, 1.165) is 11.1 Å². The van der Waals surface area contributed by atoms with Gasteiger partial charge in [-0.2, -0.15) is 0 Å². The lowest BCUT2D eigenvalue weighted by atomic mass is 10.2. The minimum atomic E-state index is -0.491. The summed E-state index contributed by atoms with van der Waals surface area (Å²) >= 11 is 7.60. The average Bonchev–Trinajstić information content (AvgIpc) is 3.34. The van der Waals surface area contributed by atoms with Crippen molar-refractivity contribution in [2.24, 2.45) is 0 Å². The van der Waals surface area contributed by atoms with Gasteiger partial charge in [0.25, 0.3) is 5.56 Å². The Morgan fingerprint density at radius 1 is 1.11 bits per heavy atom. The summed E-state index contributed by atoms with van der Waals surface area (Å²) in [7, 11) is 0. The highest BCUT2D eigenvalue weighted by Crippen LogP contribution is 2.32. The van der Waals surface area contributed by atoms with Crippen LogP contribution >= 0.6 is 23.4 Å². The highest BCUT2D eigenvalue weighted by Gasteiger charge is 2.20. The van der Waals surface area contributed by atoms with E-state index in [1.54, 1.807) is 29.7 Å². The number of benzene rings is 3. The molecule has 4 aromatic rings. The zero-order valence-electron chi connectivity index (χ0n) is 18.9. The summed E-state index contributed by atoms with van der Waals surface area (Å²) in [4.78, 5) is 31.0. The van der Waals surface area contributed by atoms with Gasteiger partial charge in [-0.15, -0.1) is 0 Å². The molecule has 0 aliphatic carbocycles. The monoisotopic (exact) mass is 507 g/mol. The minimum absolute atomic E-state index is 0.167. The van der Waals surface area contributed by atoms with E-state index in [0.29, 0.717) is 39.1 Å². The number of carbonyl (C=O) groups is 1. The molecule has 7 nitrogen and oxygen atoms in total. The molecule has 0 spiro atoms.